The van der Waals surface area contributed by atoms with E-state index in [1.807, 2.05) is 18.0 Å². The zero-order valence-electron chi connectivity index (χ0n) is 21.7. The summed E-state index contributed by atoms with van der Waals surface area (Å²) in [7, 11) is 0. The first kappa shape index (κ1) is 23.2. The van der Waals surface area contributed by atoms with Gasteiger partial charge in [-0.1, -0.05) is 127 Å². The van der Waals surface area contributed by atoms with Gasteiger partial charge in [0.05, 0.1) is 28.4 Å². The van der Waals surface area contributed by atoms with E-state index in [-0.39, 0.29) is 5.37 Å². The van der Waals surface area contributed by atoms with Crippen LogP contribution in [0.25, 0.3) is 49.8 Å². The molecule has 1 aliphatic carbocycles. The fourth-order valence-corrected chi connectivity index (χ4v) is 7.15. The fourth-order valence-electron chi connectivity index (χ4n) is 5.92. The maximum atomic E-state index is 5.01. The number of nitrogens with zero attached hydrogens (tertiary/aromatic N) is 3. The van der Waals surface area contributed by atoms with Crippen molar-refractivity contribution in [1.29, 1.82) is 0 Å². The standard InChI is InChI=1S/C36H25N3S/c1-3-11-24(12-4-1)30-23-37-39-34(26-13-5-2-6-14-26)33(28-15-7-8-16-29(28)35(30)39)25-19-21-27(22-20-25)36-38-31-17-9-10-18-32(31)40-36/h1-23,32,36H. The Morgan fingerprint density at radius 3 is 2.10 bits per heavy atom. The lowest BCUT2D eigenvalue weighted by atomic mass is 9.92. The monoisotopic (exact) mass is 531 g/mol. The first-order chi connectivity index (χ1) is 19.8. The average Bonchev–Trinajstić information content (AvgIpc) is 3.67. The maximum absolute atomic E-state index is 5.01. The molecular formula is C36H25N3S. The van der Waals surface area contributed by atoms with Crippen molar-refractivity contribution in [2.75, 3.05) is 0 Å². The number of hydrogen-bond donors (Lipinski definition) is 0. The van der Waals surface area contributed by atoms with Crippen LogP contribution in [0.4, 0.5) is 0 Å². The molecule has 1 aliphatic heterocycles. The second-order valence-corrected chi connectivity index (χ2v) is 11.4. The molecule has 0 radical (unpaired) electrons. The molecule has 0 fully saturated rings. The molecule has 0 spiro atoms. The predicted octanol–water partition coefficient (Wildman–Crippen LogP) is 9.17. The van der Waals surface area contributed by atoms with Gasteiger partial charge in [0.15, 0.2) is 0 Å². The summed E-state index contributed by atoms with van der Waals surface area (Å²) in [6, 6.07) is 38.9. The van der Waals surface area contributed by atoms with E-state index >= 15 is 0 Å². The van der Waals surface area contributed by atoms with Crippen LogP contribution in [0.2, 0.25) is 0 Å². The highest BCUT2D eigenvalue weighted by Crippen LogP contribution is 2.45. The number of allylic oxidation sites excluding steroid dienone is 3. The summed E-state index contributed by atoms with van der Waals surface area (Å²) in [5.74, 6) is 0. The Labute approximate surface area is 237 Å². The minimum atomic E-state index is 0.119. The van der Waals surface area contributed by atoms with E-state index in [9.17, 15) is 0 Å². The van der Waals surface area contributed by atoms with Gasteiger partial charge < -0.3 is 0 Å². The summed E-state index contributed by atoms with van der Waals surface area (Å²) in [5, 5.41) is 7.89. The molecular weight excluding hydrogens is 506 g/mol. The Balaban J connectivity index is 1.36. The largest absolute Gasteiger partial charge is 0.269 e. The van der Waals surface area contributed by atoms with Crippen LogP contribution < -0.4 is 0 Å². The van der Waals surface area contributed by atoms with Crippen molar-refractivity contribution >= 4 is 33.8 Å². The van der Waals surface area contributed by atoms with Gasteiger partial charge in [0.2, 0.25) is 0 Å². The van der Waals surface area contributed by atoms with Crippen LogP contribution in [0.3, 0.4) is 0 Å². The number of aliphatic imine (C=N–C) groups is 1. The molecule has 3 heterocycles. The average molecular weight is 532 g/mol. The maximum Gasteiger partial charge on any atom is 0.122 e. The minimum Gasteiger partial charge on any atom is -0.269 e. The van der Waals surface area contributed by atoms with Gasteiger partial charge in [-0.3, -0.25) is 4.99 Å². The third-order valence-electron chi connectivity index (χ3n) is 7.78. The topological polar surface area (TPSA) is 29.7 Å². The van der Waals surface area contributed by atoms with Crippen molar-refractivity contribution in [3.05, 3.63) is 145 Å². The molecule has 0 saturated heterocycles. The highest BCUT2D eigenvalue weighted by atomic mass is 32.2. The van der Waals surface area contributed by atoms with Crippen LogP contribution in [-0.4, -0.2) is 20.6 Å². The molecule has 2 aliphatic rings. The molecule has 2 aromatic heterocycles. The van der Waals surface area contributed by atoms with Crippen LogP contribution in [0.1, 0.15) is 10.9 Å². The van der Waals surface area contributed by atoms with E-state index in [4.69, 9.17) is 10.1 Å². The second-order valence-electron chi connectivity index (χ2n) is 10.1. The van der Waals surface area contributed by atoms with E-state index < -0.39 is 0 Å². The van der Waals surface area contributed by atoms with Crippen LogP contribution in [0, 0.1) is 0 Å². The second kappa shape index (κ2) is 9.51. The van der Waals surface area contributed by atoms with Gasteiger partial charge in [-0.15, -0.1) is 11.8 Å². The quantitative estimate of drug-likeness (QED) is 0.227. The molecule has 3 nitrogen and oxygen atoms in total. The number of fused-ring (bicyclic) bond motifs is 4. The normalized spacial score (nSPS) is 17.9. The number of hydrogen-bond acceptors (Lipinski definition) is 3. The van der Waals surface area contributed by atoms with E-state index in [1.165, 1.54) is 33.0 Å². The Kier molecular flexibility index (Phi) is 5.52. The van der Waals surface area contributed by atoms with Gasteiger partial charge in [0, 0.05) is 22.1 Å². The molecule has 0 bridgehead atoms. The molecule has 2 atom stereocenters. The molecule has 0 N–H and O–H groups in total. The number of benzene rings is 4. The van der Waals surface area contributed by atoms with E-state index in [1.54, 1.807) is 0 Å². The number of pyridine rings is 1. The van der Waals surface area contributed by atoms with Crippen molar-refractivity contribution in [1.82, 2.24) is 9.61 Å². The first-order valence-corrected chi connectivity index (χ1v) is 14.5. The molecule has 6 aromatic rings. The van der Waals surface area contributed by atoms with Crippen LogP contribution in [0.15, 0.2) is 145 Å². The summed E-state index contributed by atoms with van der Waals surface area (Å²) >= 11 is 1.90. The van der Waals surface area contributed by atoms with Crippen molar-refractivity contribution in [2.45, 2.75) is 10.6 Å². The van der Waals surface area contributed by atoms with Crippen LogP contribution in [-0.2, 0) is 0 Å². The van der Waals surface area contributed by atoms with Gasteiger partial charge in [0.25, 0.3) is 0 Å². The van der Waals surface area contributed by atoms with Gasteiger partial charge in [-0.2, -0.15) is 5.10 Å². The summed E-state index contributed by atoms with van der Waals surface area (Å²) in [6.45, 7) is 0. The summed E-state index contributed by atoms with van der Waals surface area (Å²) in [5.41, 5.74) is 10.4. The lowest BCUT2D eigenvalue weighted by Crippen LogP contribution is -2.08. The molecule has 4 aromatic carbocycles. The zero-order chi connectivity index (χ0) is 26.5. The third kappa shape index (κ3) is 3.75. The van der Waals surface area contributed by atoms with Crippen molar-refractivity contribution < 1.29 is 0 Å². The van der Waals surface area contributed by atoms with Crippen molar-refractivity contribution in [3.63, 3.8) is 0 Å². The van der Waals surface area contributed by atoms with E-state index in [0.29, 0.717) is 5.25 Å². The molecule has 190 valence electrons. The number of thioether (sulfide) groups is 1. The molecule has 2 unspecified atom stereocenters. The molecule has 40 heavy (non-hydrogen) atoms. The highest BCUT2D eigenvalue weighted by molar-refractivity contribution is 8.01. The van der Waals surface area contributed by atoms with Gasteiger partial charge in [-0.05, 0) is 28.2 Å². The summed E-state index contributed by atoms with van der Waals surface area (Å²) < 4.78 is 2.14. The first-order valence-electron chi connectivity index (χ1n) is 13.6. The Bertz CT molecular complexity index is 1970. The van der Waals surface area contributed by atoms with Crippen LogP contribution in [0.5, 0.6) is 0 Å². The van der Waals surface area contributed by atoms with Crippen molar-refractivity contribution in [2.24, 2.45) is 4.99 Å². The zero-order valence-corrected chi connectivity index (χ0v) is 22.5. The number of aromatic nitrogens is 2. The highest BCUT2D eigenvalue weighted by Gasteiger charge is 2.28. The summed E-state index contributed by atoms with van der Waals surface area (Å²) in [6.07, 6.45) is 10.6. The third-order valence-corrected chi connectivity index (χ3v) is 9.11. The molecule has 0 saturated carbocycles. The Morgan fingerprint density at radius 1 is 0.650 bits per heavy atom. The van der Waals surface area contributed by atoms with Crippen LogP contribution >= 0.6 is 11.8 Å². The minimum absolute atomic E-state index is 0.119. The fraction of sp³-hybridized carbons (Fsp3) is 0.0556. The molecule has 4 heteroatoms. The smallest absolute Gasteiger partial charge is 0.122 e. The van der Waals surface area contributed by atoms with Gasteiger partial charge >= 0.3 is 0 Å². The van der Waals surface area contributed by atoms with E-state index in [2.05, 4.69) is 138 Å². The molecule has 8 rings (SSSR count). The summed E-state index contributed by atoms with van der Waals surface area (Å²) in [4.78, 5) is 5.00. The SMILES string of the molecule is C1=CC2=NC(c3ccc(-c4c(-c5ccccc5)n5ncc(-c6ccccc6)c5c5ccccc45)cc3)SC2C=C1. The lowest BCUT2D eigenvalue weighted by Gasteiger charge is -2.18. The Hall–Kier alpha value is -4.67. The molecule has 0 amide bonds. The lowest BCUT2D eigenvalue weighted by molar-refractivity contribution is 0.976. The van der Waals surface area contributed by atoms with E-state index in [0.717, 1.165) is 28.0 Å². The van der Waals surface area contributed by atoms with Gasteiger partial charge in [0.1, 0.15) is 5.37 Å². The predicted molar refractivity (Wildman–Crippen MR) is 169 cm³/mol. The Morgan fingerprint density at radius 2 is 1.35 bits per heavy atom. The van der Waals surface area contributed by atoms with Gasteiger partial charge in [-0.25, -0.2) is 4.52 Å². The number of rotatable bonds is 4. The van der Waals surface area contributed by atoms with Crippen molar-refractivity contribution in [3.8, 4) is 33.5 Å².